The average Bonchev–Trinajstić information content (AvgIpc) is 3.42. The molecule has 0 aliphatic carbocycles. The molecule has 0 spiro atoms. The van der Waals surface area contributed by atoms with Gasteiger partial charge in [-0.05, 0) is 40.6 Å². The van der Waals surface area contributed by atoms with Crippen molar-refractivity contribution in [2.45, 2.75) is 31.1 Å². The third-order valence-corrected chi connectivity index (χ3v) is 6.39. The van der Waals surface area contributed by atoms with Crippen molar-refractivity contribution in [2.75, 3.05) is 26.7 Å². The lowest BCUT2D eigenvalue weighted by Crippen LogP contribution is -2.52. The van der Waals surface area contributed by atoms with Crippen molar-refractivity contribution in [1.82, 2.24) is 35.7 Å². The average molecular weight is 533 g/mol. The summed E-state index contributed by atoms with van der Waals surface area (Å²) in [5.41, 5.74) is 6.87. The Hall–Kier alpha value is -4.20. The molecule has 4 rings (SSSR count). The van der Waals surface area contributed by atoms with Crippen LogP contribution in [0.5, 0.6) is 5.75 Å². The summed E-state index contributed by atoms with van der Waals surface area (Å²) in [6, 6.07) is 13.4. The molecular weight excluding hydrogens is 505 g/mol. The highest BCUT2D eigenvalue weighted by molar-refractivity contribution is 5.83. The van der Waals surface area contributed by atoms with Crippen LogP contribution in [-0.4, -0.2) is 69.8 Å². The zero-order valence-corrected chi connectivity index (χ0v) is 20.5. The molecule has 38 heavy (non-hydrogen) atoms. The number of amides is 3. The maximum atomic E-state index is 13.3. The van der Waals surface area contributed by atoms with Gasteiger partial charge >= 0.3 is 12.2 Å². The number of methoxy groups -OCH3 is 1. The van der Waals surface area contributed by atoms with Crippen molar-refractivity contribution in [3.05, 3.63) is 65.5 Å². The van der Waals surface area contributed by atoms with Crippen molar-refractivity contribution >= 4 is 11.9 Å². The van der Waals surface area contributed by atoms with E-state index in [9.17, 15) is 22.8 Å². The number of nitrogens with two attached hydrogens (primary N) is 1. The van der Waals surface area contributed by atoms with E-state index in [0.717, 1.165) is 5.56 Å². The van der Waals surface area contributed by atoms with Crippen LogP contribution in [0, 0.1) is 0 Å². The fourth-order valence-electron chi connectivity index (χ4n) is 4.55. The summed E-state index contributed by atoms with van der Waals surface area (Å²) in [6.07, 6.45) is -4.11. The number of hydrogen-bond donors (Lipinski definition) is 3. The maximum absolute atomic E-state index is 13.3. The predicted octanol–water partition coefficient (Wildman–Crippen LogP) is 1.83. The van der Waals surface area contributed by atoms with Gasteiger partial charge in [-0.2, -0.15) is 17.9 Å². The highest BCUT2D eigenvalue weighted by Crippen LogP contribution is 2.31. The van der Waals surface area contributed by atoms with Crippen LogP contribution in [0.3, 0.4) is 0 Å². The predicted molar refractivity (Wildman–Crippen MR) is 129 cm³/mol. The number of piperidine rings is 1. The Morgan fingerprint density at radius 2 is 1.95 bits per heavy atom. The number of rotatable bonds is 8. The number of aromatic nitrogens is 4. The molecule has 11 nitrogen and oxygen atoms in total. The van der Waals surface area contributed by atoms with Crippen molar-refractivity contribution in [2.24, 2.45) is 5.73 Å². The minimum Gasteiger partial charge on any atom is -0.496 e. The molecule has 14 heteroatoms. The van der Waals surface area contributed by atoms with Crippen LogP contribution < -0.4 is 21.1 Å². The summed E-state index contributed by atoms with van der Waals surface area (Å²) < 4.78 is 46.1. The van der Waals surface area contributed by atoms with Crippen molar-refractivity contribution < 1.29 is 27.5 Å². The fourth-order valence-corrected chi connectivity index (χ4v) is 4.55. The first-order chi connectivity index (χ1) is 18.2. The molecule has 0 saturated carbocycles. The van der Waals surface area contributed by atoms with Gasteiger partial charge in [-0.3, -0.25) is 4.79 Å². The van der Waals surface area contributed by atoms with Crippen molar-refractivity contribution in [3.63, 3.8) is 0 Å². The van der Waals surface area contributed by atoms with Gasteiger partial charge in [0.15, 0.2) is 0 Å². The molecule has 202 valence electrons. The lowest BCUT2D eigenvalue weighted by Gasteiger charge is -2.39. The van der Waals surface area contributed by atoms with Gasteiger partial charge in [0.1, 0.15) is 5.75 Å². The quantitative estimate of drug-likeness (QED) is 0.402. The number of likely N-dealkylation sites (tertiary alicyclic amines) is 1. The molecule has 3 amide bonds. The number of primary amides is 1. The van der Waals surface area contributed by atoms with E-state index in [-0.39, 0.29) is 36.6 Å². The maximum Gasteiger partial charge on any atom is 0.453 e. The second-order valence-electron chi connectivity index (χ2n) is 8.76. The van der Waals surface area contributed by atoms with E-state index in [4.69, 9.17) is 10.5 Å². The SMILES string of the molecule is COc1ccc(-n2nnnc2C(F)(F)F)cc1CN[C@H]1CCN(C(=O)CNC(N)=O)C[C@H]1c1ccccc1. The Kier molecular flexibility index (Phi) is 8.10. The molecule has 1 saturated heterocycles. The van der Waals surface area contributed by atoms with Gasteiger partial charge in [0.05, 0.1) is 19.3 Å². The van der Waals surface area contributed by atoms with Gasteiger partial charge in [-0.25, -0.2) is 4.79 Å². The van der Waals surface area contributed by atoms with Gasteiger partial charge < -0.3 is 26.0 Å². The molecule has 1 aliphatic rings. The Morgan fingerprint density at radius 1 is 1.18 bits per heavy atom. The smallest absolute Gasteiger partial charge is 0.453 e. The number of benzene rings is 2. The molecule has 1 fully saturated rings. The van der Waals surface area contributed by atoms with Crippen molar-refractivity contribution in [3.8, 4) is 11.4 Å². The summed E-state index contributed by atoms with van der Waals surface area (Å²) in [6.45, 7) is 0.969. The Morgan fingerprint density at radius 3 is 2.63 bits per heavy atom. The topological polar surface area (TPSA) is 140 Å². The summed E-state index contributed by atoms with van der Waals surface area (Å²) in [7, 11) is 1.48. The second kappa shape index (κ2) is 11.5. The number of tetrazole rings is 1. The highest BCUT2D eigenvalue weighted by Gasteiger charge is 2.38. The van der Waals surface area contributed by atoms with Crippen LogP contribution in [-0.2, 0) is 17.5 Å². The van der Waals surface area contributed by atoms with E-state index >= 15 is 0 Å². The molecule has 1 aliphatic heterocycles. The summed E-state index contributed by atoms with van der Waals surface area (Å²) in [5.74, 6) is -1.05. The molecule has 0 bridgehead atoms. The highest BCUT2D eigenvalue weighted by atomic mass is 19.4. The third-order valence-electron chi connectivity index (χ3n) is 6.39. The van der Waals surface area contributed by atoms with Gasteiger partial charge in [0.25, 0.3) is 5.82 Å². The van der Waals surface area contributed by atoms with Crippen LogP contribution in [0.2, 0.25) is 0 Å². The molecule has 2 heterocycles. The number of urea groups is 1. The normalized spacial score (nSPS) is 17.7. The minimum absolute atomic E-state index is 0.0577. The molecule has 3 aromatic rings. The van der Waals surface area contributed by atoms with E-state index < -0.39 is 18.0 Å². The Bertz CT molecular complexity index is 1270. The molecule has 2 aromatic carbocycles. The van der Waals surface area contributed by atoms with Crippen LogP contribution >= 0.6 is 0 Å². The molecule has 1 aromatic heterocycles. The van der Waals surface area contributed by atoms with Gasteiger partial charge in [0.2, 0.25) is 5.91 Å². The van der Waals surface area contributed by atoms with E-state index in [1.807, 2.05) is 30.3 Å². The molecular formula is C24H27F3N8O3. The van der Waals surface area contributed by atoms with E-state index in [1.54, 1.807) is 17.0 Å². The number of nitrogens with zero attached hydrogens (tertiary/aromatic N) is 5. The number of carbonyl (C=O) groups excluding carboxylic acids is 2. The second-order valence-corrected chi connectivity index (χ2v) is 8.76. The van der Waals surface area contributed by atoms with Crippen LogP contribution in [0.15, 0.2) is 48.5 Å². The molecule has 0 radical (unpaired) electrons. The van der Waals surface area contributed by atoms with Gasteiger partial charge in [-0.1, -0.05) is 30.3 Å². The first-order valence-electron chi connectivity index (χ1n) is 11.8. The van der Waals surface area contributed by atoms with Crippen molar-refractivity contribution in [1.29, 1.82) is 0 Å². The summed E-state index contributed by atoms with van der Waals surface area (Å²) >= 11 is 0. The molecule has 2 atom stereocenters. The number of carbonyl (C=O) groups is 2. The van der Waals surface area contributed by atoms with Crippen LogP contribution in [0.4, 0.5) is 18.0 Å². The lowest BCUT2D eigenvalue weighted by molar-refractivity contribution is -0.146. The van der Waals surface area contributed by atoms with Crippen LogP contribution in [0.1, 0.15) is 29.3 Å². The fraction of sp³-hybridized carbons (Fsp3) is 0.375. The van der Waals surface area contributed by atoms with Crippen LogP contribution in [0.25, 0.3) is 5.69 Å². The molecule has 4 N–H and O–H groups in total. The number of hydrogen-bond acceptors (Lipinski definition) is 7. The number of halogens is 3. The van der Waals surface area contributed by atoms with E-state index in [1.165, 1.54) is 13.2 Å². The lowest BCUT2D eigenvalue weighted by atomic mass is 9.85. The summed E-state index contributed by atoms with van der Waals surface area (Å²) in [5, 5.41) is 15.6. The largest absolute Gasteiger partial charge is 0.496 e. The monoisotopic (exact) mass is 532 g/mol. The van der Waals surface area contributed by atoms with E-state index in [0.29, 0.717) is 35.5 Å². The third kappa shape index (κ3) is 6.19. The standard InChI is InChI=1S/C24H27F3N8O3/c1-38-20-8-7-17(35-22(24(25,26)27)31-32-33-35)11-16(20)12-29-19-9-10-34(21(36)13-30-23(28)37)14-18(19)15-5-3-2-4-6-15/h2-8,11,18-19,29H,9-10,12-14H2,1H3,(H3,28,30,37)/t18-,19-/m0/s1. The summed E-state index contributed by atoms with van der Waals surface area (Å²) in [4.78, 5) is 25.3. The first kappa shape index (κ1) is 26.9. The minimum atomic E-state index is -4.72. The number of ether oxygens (including phenoxy) is 1. The Balaban J connectivity index is 1.54. The molecule has 0 unspecified atom stereocenters. The van der Waals surface area contributed by atoms with Gasteiger partial charge in [-0.15, -0.1) is 5.10 Å². The number of alkyl halides is 3. The van der Waals surface area contributed by atoms with Gasteiger partial charge in [0, 0.05) is 37.2 Å². The zero-order chi connectivity index (χ0) is 27.3. The first-order valence-corrected chi connectivity index (χ1v) is 11.8. The Labute approximate surface area is 216 Å². The van der Waals surface area contributed by atoms with E-state index in [2.05, 4.69) is 26.2 Å². The number of nitrogens with one attached hydrogen (secondary N) is 2. The zero-order valence-electron chi connectivity index (χ0n) is 20.5.